The number of carbonyl (C=O) groups is 1. The summed E-state index contributed by atoms with van der Waals surface area (Å²) in [6.07, 6.45) is 4.98. The molecule has 114 valence electrons. The minimum Gasteiger partial charge on any atom is -0.356 e. The SMILES string of the molecule is CN=C(NCC1(C)CC1)N1CCN(C2CC2)C(=O)C1.I. The fourth-order valence-corrected chi connectivity index (χ4v) is 2.65. The lowest BCUT2D eigenvalue weighted by molar-refractivity contribution is -0.135. The van der Waals surface area contributed by atoms with Gasteiger partial charge in [-0.15, -0.1) is 24.0 Å². The summed E-state index contributed by atoms with van der Waals surface area (Å²) >= 11 is 0. The number of piperazine rings is 1. The molecule has 0 bridgehead atoms. The van der Waals surface area contributed by atoms with Crippen LogP contribution in [0.25, 0.3) is 0 Å². The summed E-state index contributed by atoms with van der Waals surface area (Å²) in [4.78, 5) is 20.6. The van der Waals surface area contributed by atoms with Crippen LogP contribution in [0.1, 0.15) is 32.6 Å². The van der Waals surface area contributed by atoms with Gasteiger partial charge in [0.2, 0.25) is 5.91 Å². The van der Waals surface area contributed by atoms with Gasteiger partial charge in [0.15, 0.2) is 5.96 Å². The standard InChI is InChI=1S/C14H24N4O.HI/c1-14(5-6-14)10-16-13(15-2)17-7-8-18(11-3-4-11)12(19)9-17;/h11H,3-10H2,1-2H3,(H,15,16);1H. The number of hydrogen-bond acceptors (Lipinski definition) is 2. The molecule has 1 aliphatic heterocycles. The van der Waals surface area contributed by atoms with E-state index >= 15 is 0 Å². The van der Waals surface area contributed by atoms with Crippen molar-refractivity contribution in [2.75, 3.05) is 33.2 Å². The van der Waals surface area contributed by atoms with Gasteiger partial charge in [-0.1, -0.05) is 6.92 Å². The number of aliphatic imine (C=N–C) groups is 1. The van der Waals surface area contributed by atoms with Crippen LogP contribution in [0.3, 0.4) is 0 Å². The van der Waals surface area contributed by atoms with Gasteiger partial charge in [0.05, 0.1) is 6.54 Å². The van der Waals surface area contributed by atoms with Crippen molar-refractivity contribution in [3.8, 4) is 0 Å². The van der Waals surface area contributed by atoms with Gasteiger partial charge < -0.3 is 15.1 Å². The van der Waals surface area contributed by atoms with Crippen molar-refractivity contribution in [3.05, 3.63) is 0 Å². The van der Waals surface area contributed by atoms with E-state index in [0.29, 0.717) is 18.0 Å². The first-order valence-corrected chi connectivity index (χ1v) is 7.36. The van der Waals surface area contributed by atoms with Crippen LogP contribution >= 0.6 is 24.0 Å². The monoisotopic (exact) mass is 392 g/mol. The summed E-state index contributed by atoms with van der Waals surface area (Å²) in [5.74, 6) is 1.14. The number of amides is 1. The molecule has 2 aliphatic carbocycles. The summed E-state index contributed by atoms with van der Waals surface area (Å²) in [7, 11) is 1.80. The van der Waals surface area contributed by atoms with Gasteiger partial charge in [-0.05, 0) is 31.1 Å². The Morgan fingerprint density at radius 3 is 2.60 bits per heavy atom. The van der Waals surface area contributed by atoms with Gasteiger partial charge in [-0.3, -0.25) is 9.79 Å². The van der Waals surface area contributed by atoms with Crippen LogP contribution in [-0.4, -0.2) is 60.9 Å². The molecule has 2 saturated carbocycles. The Kier molecular flexibility index (Phi) is 4.81. The van der Waals surface area contributed by atoms with Crippen molar-refractivity contribution in [2.24, 2.45) is 10.4 Å². The van der Waals surface area contributed by atoms with Crippen LogP contribution in [0.2, 0.25) is 0 Å². The predicted molar refractivity (Wildman–Crippen MR) is 90.4 cm³/mol. The van der Waals surface area contributed by atoms with Crippen LogP contribution in [0.15, 0.2) is 4.99 Å². The normalized spacial score (nSPS) is 25.3. The topological polar surface area (TPSA) is 47.9 Å². The van der Waals surface area contributed by atoms with E-state index in [4.69, 9.17) is 0 Å². The van der Waals surface area contributed by atoms with E-state index in [1.807, 2.05) is 4.90 Å². The lowest BCUT2D eigenvalue weighted by Crippen LogP contribution is -2.56. The fourth-order valence-electron chi connectivity index (χ4n) is 2.65. The smallest absolute Gasteiger partial charge is 0.242 e. The predicted octanol–water partition coefficient (Wildman–Crippen LogP) is 1.29. The highest BCUT2D eigenvalue weighted by Gasteiger charge is 2.39. The maximum atomic E-state index is 12.1. The first kappa shape index (κ1) is 15.9. The van der Waals surface area contributed by atoms with Crippen molar-refractivity contribution in [1.82, 2.24) is 15.1 Å². The Bertz CT molecular complexity index is 404. The summed E-state index contributed by atoms with van der Waals surface area (Å²) in [6.45, 7) is 5.49. The third-order valence-corrected chi connectivity index (χ3v) is 4.53. The van der Waals surface area contributed by atoms with E-state index in [-0.39, 0.29) is 29.9 Å². The fraction of sp³-hybridized carbons (Fsp3) is 0.857. The third kappa shape index (κ3) is 3.56. The number of hydrogen-bond donors (Lipinski definition) is 1. The van der Waals surface area contributed by atoms with E-state index in [2.05, 4.69) is 22.1 Å². The molecule has 1 heterocycles. The second-order valence-corrected chi connectivity index (χ2v) is 6.45. The number of nitrogens with one attached hydrogen (secondary N) is 1. The van der Waals surface area contributed by atoms with Gasteiger partial charge in [-0.2, -0.15) is 0 Å². The highest BCUT2D eigenvalue weighted by atomic mass is 127. The highest BCUT2D eigenvalue weighted by molar-refractivity contribution is 14.0. The van der Waals surface area contributed by atoms with Crippen molar-refractivity contribution in [2.45, 2.75) is 38.6 Å². The number of nitrogens with zero attached hydrogens (tertiary/aromatic N) is 3. The molecule has 0 aromatic carbocycles. The average molecular weight is 392 g/mol. The van der Waals surface area contributed by atoms with Gasteiger partial charge in [-0.25, -0.2) is 0 Å². The van der Waals surface area contributed by atoms with Gasteiger partial charge in [0.1, 0.15) is 0 Å². The molecule has 1 saturated heterocycles. The molecule has 0 spiro atoms. The first-order chi connectivity index (χ1) is 9.11. The molecule has 20 heavy (non-hydrogen) atoms. The quantitative estimate of drug-likeness (QED) is 0.447. The van der Waals surface area contributed by atoms with Crippen molar-refractivity contribution in [3.63, 3.8) is 0 Å². The van der Waals surface area contributed by atoms with E-state index in [1.165, 1.54) is 25.7 Å². The Morgan fingerprint density at radius 1 is 1.40 bits per heavy atom. The van der Waals surface area contributed by atoms with Crippen molar-refractivity contribution in [1.29, 1.82) is 0 Å². The molecular formula is C14H25IN4O. The molecule has 0 radical (unpaired) electrons. The molecule has 6 heteroatoms. The Labute approximate surface area is 138 Å². The maximum Gasteiger partial charge on any atom is 0.242 e. The lowest BCUT2D eigenvalue weighted by atomic mass is 10.1. The van der Waals surface area contributed by atoms with E-state index in [0.717, 1.165) is 25.6 Å². The molecule has 1 N–H and O–H groups in total. The number of rotatable bonds is 3. The molecule has 3 rings (SSSR count). The molecule has 0 aromatic heterocycles. The lowest BCUT2D eigenvalue weighted by Gasteiger charge is -2.36. The third-order valence-electron chi connectivity index (χ3n) is 4.53. The summed E-state index contributed by atoms with van der Waals surface area (Å²) in [5, 5.41) is 3.43. The second-order valence-electron chi connectivity index (χ2n) is 6.45. The second kappa shape index (κ2) is 6.07. The van der Waals surface area contributed by atoms with E-state index in [1.54, 1.807) is 7.05 Å². The maximum absolute atomic E-state index is 12.1. The minimum atomic E-state index is 0. The zero-order valence-electron chi connectivity index (χ0n) is 12.4. The number of carbonyl (C=O) groups excluding carboxylic acids is 1. The molecule has 0 atom stereocenters. The van der Waals surface area contributed by atoms with Crippen LogP contribution in [0.5, 0.6) is 0 Å². The molecule has 1 amide bonds. The van der Waals surface area contributed by atoms with Crippen LogP contribution in [-0.2, 0) is 4.79 Å². The van der Waals surface area contributed by atoms with Crippen LogP contribution in [0.4, 0.5) is 0 Å². The van der Waals surface area contributed by atoms with Crippen LogP contribution < -0.4 is 5.32 Å². The van der Waals surface area contributed by atoms with Gasteiger partial charge in [0, 0.05) is 32.7 Å². The zero-order chi connectivity index (χ0) is 13.5. The van der Waals surface area contributed by atoms with Crippen LogP contribution in [0, 0.1) is 5.41 Å². The van der Waals surface area contributed by atoms with Crippen molar-refractivity contribution < 1.29 is 4.79 Å². The molecular weight excluding hydrogens is 367 g/mol. The molecule has 0 unspecified atom stereocenters. The van der Waals surface area contributed by atoms with E-state index in [9.17, 15) is 4.79 Å². The molecule has 3 aliphatic rings. The Hall–Kier alpha value is -0.530. The number of halogens is 1. The summed E-state index contributed by atoms with van der Waals surface area (Å²) in [5.41, 5.74) is 0.454. The average Bonchev–Trinajstić information content (AvgIpc) is 3.28. The largest absolute Gasteiger partial charge is 0.356 e. The van der Waals surface area contributed by atoms with E-state index < -0.39 is 0 Å². The molecule has 3 fully saturated rings. The number of guanidine groups is 1. The first-order valence-electron chi connectivity index (χ1n) is 7.36. The van der Waals surface area contributed by atoms with Gasteiger partial charge in [0.25, 0.3) is 0 Å². The Morgan fingerprint density at radius 2 is 2.10 bits per heavy atom. The summed E-state index contributed by atoms with van der Waals surface area (Å²) in [6, 6.07) is 0.537. The highest BCUT2D eigenvalue weighted by Crippen LogP contribution is 2.44. The zero-order valence-corrected chi connectivity index (χ0v) is 14.7. The summed E-state index contributed by atoms with van der Waals surface area (Å²) < 4.78 is 0. The molecule has 0 aromatic rings. The van der Waals surface area contributed by atoms with Gasteiger partial charge >= 0.3 is 0 Å². The molecule has 5 nitrogen and oxygen atoms in total. The minimum absolute atomic E-state index is 0. The Balaban J connectivity index is 0.00000147. The van der Waals surface area contributed by atoms with Crippen molar-refractivity contribution >= 4 is 35.8 Å².